The van der Waals surface area contributed by atoms with Gasteiger partial charge >= 0.3 is 12.2 Å². The van der Waals surface area contributed by atoms with Gasteiger partial charge in [-0.2, -0.15) is 13.2 Å². The number of hydrogen-bond donors (Lipinski definition) is 1. The second-order valence-corrected chi connectivity index (χ2v) is 5.81. The van der Waals surface area contributed by atoms with Gasteiger partial charge in [0.1, 0.15) is 11.4 Å². The third kappa shape index (κ3) is 3.69. The van der Waals surface area contributed by atoms with Crippen molar-refractivity contribution in [3.05, 3.63) is 29.6 Å². The number of rotatable bonds is 4. The molecule has 0 radical (unpaired) electrons. The minimum Gasteiger partial charge on any atom is -0.364 e. The second kappa shape index (κ2) is 5.59. The number of halogens is 4. The zero-order valence-corrected chi connectivity index (χ0v) is 12.0. The molecule has 1 atom stereocenters. The van der Waals surface area contributed by atoms with Gasteiger partial charge in [0.25, 0.3) is 0 Å². The smallest absolute Gasteiger partial charge is 0.364 e. The van der Waals surface area contributed by atoms with E-state index in [9.17, 15) is 22.4 Å². The van der Waals surface area contributed by atoms with Crippen LogP contribution in [0.1, 0.15) is 24.8 Å². The number of carbonyl (C=O) groups is 1. The number of benzene rings is 1. The van der Waals surface area contributed by atoms with Crippen LogP contribution in [0, 0.1) is 11.7 Å². The summed E-state index contributed by atoms with van der Waals surface area (Å²) in [4.78, 5) is 15.1. The Morgan fingerprint density at radius 1 is 1.35 bits per heavy atom. The van der Waals surface area contributed by atoms with Gasteiger partial charge in [0, 0.05) is 17.5 Å². The minimum atomic E-state index is -4.58. The number of nitrogens with zero attached hydrogens (tertiary/aromatic N) is 1. The lowest BCUT2D eigenvalue weighted by Gasteiger charge is -2.32. The fraction of sp³-hybridized carbons (Fsp3) is 0.467. The number of aliphatic imine (C=N–C) groups is 1. The summed E-state index contributed by atoms with van der Waals surface area (Å²) in [6.07, 6.45) is -3.36. The Labute approximate surface area is 129 Å². The average Bonchev–Trinajstić information content (AvgIpc) is 3.26. The first kappa shape index (κ1) is 15.9. The number of amides is 2. The van der Waals surface area contributed by atoms with Crippen molar-refractivity contribution in [3.63, 3.8) is 0 Å². The van der Waals surface area contributed by atoms with Gasteiger partial charge in [0.2, 0.25) is 0 Å². The number of nitrogens with one attached hydrogen (secondary N) is 1. The van der Waals surface area contributed by atoms with E-state index in [1.807, 2.05) is 0 Å². The number of alkyl halides is 3. The van der Waals surface area contributed by atoms with Gasteiger partial charge in [0.05, 0.1) is 13.0 Å². The molecule has 4 nitrogen and oxygen atoms in total. The molecule has 0 spiro atoms. The minimum absolute atomic E-state index is 0.0638. The second-order valence-electron chi connectivity index (χ2n) is 5.81. The first-order valence-electron chi connectivity index (χ1n) is 7.14. The van der Waals surface area contributed by atoms with Crippen molar-refractivity contribution < 1.29 is 27.1 Å². The topological polar surface area (TPSA) is 50.7 Å². The number of fused-ring (bicyclic) bond motifs is 1. The molecule has 0 unspecified atom stereocenters. The van der Waals surface area contributed by atoms with E-state index in [0.29, 0.717) is 0 Å². The van der Waals surface area contributed by atoms with Gasteiger partial charge in [-0.25, -0.2) is 14.2 Å². The maximum absolute atomic E-state index is 13.6. The van der Waals surface area contributed by atoms with Crippen molar-refractivity contribution >= 4 is 17.9 Å². The fourth-order valence-electron chi connectivity index (χ4n) is 2.51. The van der Waals surface area contributed by atoms with E-state index in [-0.39, 0.29) is 23.8 Å². The summed E-state index contributed by atoms with van der Waals surface area (Å²) in [7, 11) is 0. The van der Waals surface area contributed by atoms with Crippen LogP contribution in [-0.4, -0.2) is 25.0 Å². The van der Waals surface area contributed by atoms with E-state index in [1.54, 1.807) is 0 Å². The summed E-state index contributed by atoms with van der Waals surface area (Å²) < 4.78 is 58.5. The standard InChI is InChI=1S/C15H14F4N2O2/c16-10-3-4-12-11(5-10)14(7-15(17,18)19,8-20-13(22)21-12)23-6-9-1-2-9/h3-5,8-9H,1-2,6-7H2,(H,21,22)/t14-/m1/s1. The Hall–Kier alpha value is -1.96. The summed E-state index contributed by atoms with van der Waals surface area (Å²) in [5, 5.41) is 2.34. The quantitative estimate of drug-likeness (QED) is 0.848. The van der Waals surface area contributed by atoms with Gasteiger partial charge in [-0.15, -0.1) is 0 Å². The van der Waals surface area contributed by atoms with Crippen LogP contribution in [0.2, 0.25) is 0 Å². The normalized spacial score (nSPS) is 24.1. The first-order chi connectivity index (χ1) is 10.8. The van der Waals surface area contributed by atoms with E-state index in [4.69, 9.17) is 4.74 Å². The Morgan fingerprint density at radius 2 is 2.09 bits per heavy atom. The highest BCUT2D eigenvalue weighted by atomic mass is 19.4. The Morgan fingerprint density at radius 3 is 2.74 bits per heavy atom. The lowest BCUT2D eigenvalue weighted by atomic mass is 9.89. The fourth-order valence-corrected chi connectivity index (χ4v) is 2.51. The molecule has 1 fully saturated rings. The summed E-state index contributed by atoms with van der Waals surface area (Å²) >= 11 is 0. The summed E-state index contributed by atoms with van der Waals surface area (Å²) in [5.41, 5.74) is -2.03. The number of carbonyl (C=O) groups excluding carboxylic acids is 1. The molecular formula is C15H14F4N2O2. The molecule has 0 saturated heterocycles. The molecule has 3 rings (SSSR count). The molecule has 124 valence electrons. The van der Waals surface area contributed by atoms with Crippen LogP contribution in [0.25, 0.3) is 0 Å². The van der Waals surface area contributed by atoms with Gasteiger partial charge < -0.3 is 10.1 Å². The molecule has 8 heteroatoms. The highest BCUT2D eigenvalue weighted by molar-refractivity contribution is 6.00. The van der Waals surface area contributed by atoms with Crippen LogP contribution >= 0.6 is 0 Å². The molecule has 0 aromatic heterocycles. The molecular weight excluding hydrogens is 316 g/mol. The maximum Gasteiger partial charge on any atom is 0.392 e. The summed E-state index contributed by atoms with van der Waals surface area (Å²) in [5.74, 6) is -0.521. The zero-order valence-electron chi connectivity index (χ0n) is 12.0. The van der Waals surface area contributed by atoms with Crippen molar-refractivity contribution in [2.24, 2.45) is 10.9 Å². The van der Waals surface area contributed by atoms with Crippen molar-refractivity contribution in [2.75, 3.05) is 11.9 Å². The van der Waals surface area contributed by atoms with E-state index in [1.165, 1.54) is 6.07 Å². The number of anilines is 1. The number of hydrogen-bond acceptors (Lipinski definition) is 2. The molecule has 1 saturated carbocycles. The molecule has 0 bridgehead atoms. The van der Waals surface area contributed by atoms with E-state index < -0.39 is 30.0 Å². The Balaban J connectivity index is 2.08. The molecule has 2 amide bonds. The van der Waals surface area contributed by atoms with Gasteiger partial charge in [-0.05, 0) is 37.0 Å². The predicted molar refractivity (Wildman–Crippen MR) is 74.9 cm³/mol. The van der Waals surface area contributed by atoms with E-state index >= 15 is 0 Å². The number of ether oxygens (including phenoxy) is 1. The predicted octanol–water partition coefficient (Wildman–Crippen LogP) is 4.02. The van der Waals surface area contributed by atoms with E-state index in [0.717, 1.165) is 31.2 Å². The zero-order chi connectivity index (χ0) is 16.7. The van der Waals surface area contributed by atoms with Crippen LogP contribution in [-0.2, 0) is 10.3 Å². The Bertz CT molecular complexity index is 655. The maximum atomic E-state index is 13.6. The van der Waals surface area contributed by atoms with Gasteiger partial charge in [-0.1, -0.05) is 0 Å². The highest BCUT2D eigenvalue weighted by Crippen LogP contribution is 2.43. The lowest BCUT2D eigenvalue weighted by molar-refractivity contribution is -0.174. The molecule has 2 aliphatic rings. The SMILES string of the molecule is O=C1N=C[C@@](CC(F)(F)F)(OCC2CC2)c2cc(F)ccc2N1. The van der Waals surface area contributed by atoms with Crippen LogP contribution in [0.4, 0.5) is 28.0 Å². The van der Waals surface area contributed by atoms with E-state index in [2.05, 4.69) is 10.3 Å². The van der Waals surface area contributed by atoms with Crippen molar-refractivity contribution in [3.8, 4) is 0 Å². The Kier molecular flexibility index (Phi) is 3.87. The molecule has 1 aliphatic carbocycles. The van der Waals surface area contributed by atoms with Crippen LogP contribution in [0.15, 0.2) is 23.2 Å². The molecule has 1 N–H and O–H groups in total. The molecule has 1 aromatic rings. The largest absolute Gasteiger partial charge is 0.392 e. The molecule has 1 aliphatic heterocycles. The average molecular weight is 330 g/mol. The summed E-state index contributed by atoms with van der Waals surface area (Å²) in [6.45, 7) is 0.103. The first-order valence-corrected chi connectivity index (χ1v) is 7.14. The highest BCUT2D eigenvalue weighted by Gasteiger charge is 2.47. The van der Waals surface area contributed by atoms with Crippen LogP contribution in [0.5, 0.6) is 0 Å². The molecule has 23 heavy (non-hydrogen) atoms. The number of urea groups is 1. The van der Waals surface area contributed by atoms with Crippen molar-refractivity contribution in [2.45, 2.75) is 31.0 Å². The summed E-state index contributed by atoms with van der Waals surface area (Å²) in [6, 6.07) is 2.40. The van der Waals surface area contributed by atoms with Gasteiger partial charge in [-0.3, -0.25) is 0 Å². The monoisotopic (exact) mass is 330 g/mol. The molecule has 1 heterocycles. The van der Waals surface area contributed by atoms with Crippen molar-refractivity contribution in [1.29, 1.82) is 0 Å². The van der Waals surface area contributed by atoms with Crippen LogP contribution in [0.3, 0.4) is 0 Å². The molecule has 1 aromatic carbocycles. The van der Waals surface area contributed by atoms with Crippen molar-refractivity contribution in [1.82, 2.24) is 0 Å². The third-order valence-electron chi connectivity index (χ3n) is 3.81. The van der Waals surface area contributed by atoms with Crippen LogP contribution < -0.4 is 5.32 Å². The third-order valence-corrected chi connectivity index (χ3v) is 3.81. The van der Waals surface area contributed by atoms with Gasteiger partial charge in [0.15, 0.2) is 0 Å². The lowest BCUT2D eigenvalue weighted by Crippen LogP contribution is -2.37.